The lowest BCUT2D eigenvalue weighted by molar-refractivity contribution is -0.425. The molecule has 10 rings (SSSR count). The number of ether oxygens (including phenoxy) is 2. The number of quaternary nitrogens is 1. The van der Waals surface area contributed by atoms with Crippen molar-refractivity contribution in [3.05, 3.63) is 144 Å². The van der Waals surface area contributed by atoms with E-state index < -0.39 is 59.7 Å². The van der Waals surface area contributed by atoms with Crippen LogP contribution in [-0.4, -0.2) is 131 Å². The maximum Gasteiger partial charge on any atom is 0.407 e. The second kappa shape index (κ2) is 40.8. The molecule has 4 aromatic carbocycles. The maximum absolute atomic E-state index is 12.5. The number of carboxylic acids is 1. The Morgan fingerprint density at radius 1 is 0.632 bits per heavy atom. The van der Waals surface area contributed by atoms with Gasteiger partial charge in [0.15, 0.2) is 0 Å². The number of alkyl carbamates (subject to hydrolysis) is 2. The molecule has 4 heterocycles. The van der Waals surface area contributed by atoms with Crippen LogP contribution < -0.4 is 44.7 Å². The number of carboxylic acid groups (broad SMARTS) is 1. The van der Waals surface area contributed by atoms with E-state index in [-0.39, 0.29) is 63.8 Å². The van der Waals surface area contributed by atoms with Crippen LogP contribution >= 0.6 is 23.2 Å². The average molecular weight is 1410 g/mol. The van der Waals surface area contributed by atoms with Gasteiger partial charge in [0.1, 0.15) is 11.2 Å². The van der Waals surface area contributed by atoms with Crippen molar-refractivity contribution in [1.29, 1.82) is 0 Å². The zero-order valence-corrected chi connectivity index (χ0v) is 56.9. The number of benzene rings is 4. The largest absolute Gasteiger partial charge is 1.00 e. The van der Waals surface area contributed by atoms with Crippen molar-refractivity contribution in [2.45, 2.75) is 149 Å². The Morgan fingerprint density at radius 3 is 1.42 bits per heavy atom. The Bertz CT molecular complexity index is 3810. The van der Waals surface area contributed by atoms with Gasteiger partial charge in [0.25, 0.3) is 0 Å². The summed E-state index contributed by atoms with van der Waals surface area (Å²) >= 11 is 11.7. The van der Waals surface area contributed by atoms with Gasteiger partial charge in [-0.3, -0.25) is 14.0 Å². The first-order chi connectivity index (χ1) is 44.9. The van der Waals surface area contributed by atoms with Crippen molar-refractivity contribution in [3.8, 4) is 33.9 Å². The second-order valence-corrected chi connectivity index (χ2v) is 24.4. The number of aromatic nitrogens is 6. The van der Waals surface area contributed by atoms with E-state index in [9.17, 15) is 23.6 Å². The summed E-state index contributed by atoms with van der Waals surface area (Å²) in [6, 6.07) is 38.0. The first-order valence-corrected chi connectivity index (χ1v) is 31.9. The van der Waals surface area contributed by atoms with Crippen LogP contribution in [-0.2, 0) is 42.2 Å². The van der Waals surface area contributed by atoms with E-state index in [1.54, 1.807) is 53.9 Å². The number of rotatable bonds is 15. The van der Waals surface area contributed by atoms with Gasteiger partial charge in [-0.2, -0.15) is 16.8 Å². The zero-order chi connectivity index (χ0) is 68.8. The van der Waals surface area contributed by atoms with Gasteiger partial charge in [0.05, 0.1) is 65.8 Å². The molecule has 0 bridgehead atoms. The third-order valence-electron chi connectivity index (χ3n) is 14.0. The van der Waals surface area contributed by atoms with Crippen LogP contribution in [0.15, 0.2) is 134 Å². The standard InChI is InChI=1S/C32H37ClN6O3.C24H24ClN5.C8H15NO4.CH3F.CH4.ClH.2O2S/c1-32(2,3)42-31(41)34-17-16-28(40)36-21-10-9-11-22(18-21)37-30-35-19-26(33)29(38-30)25-20-39(23-12-5-4-6-13-23)27-15-8-7-14-24(25)27;25-21-14-27-24(28-17-8-6-7-16(26)13-17)29-23(21)20-15-30(18-9-2-1-3-10-18)22-12-5-4-11-19(20)22;1-8(2,3)13-7(12)9-5-4-6(10)11;1-2;;;2*1-3-2/h4-8,12-15,19-22H,9-11,16-18H2,1-3H3,(H,34,41)(H,36,40)(H,35,37,38);1-5,9-12,14-17H,6-8,13,26H2,(H,27,28,29);4-5H2,1-3H3,(H,9,12)(H,10,11);1H3;1H4;1H;;/t21-,22+;16-,17+;;;;;;/m00....../s1/i;;;1D;;;;. The van der Waals surface area contributed by atoms with Crippen LogP contribution in [0.4, 0.5) is 25.9 Å². The second-order valence-electron chi connectivity index (χ2n) is 23.3. The minimum Gasteiger partial charge on any atom is -1.00 e. The fraction of sp³-hybridized carbons (Fsp3) is 0.394. The minimum absolute atomic E-state index is 0. The van der Waals surface area contributed by atoms with Crippen molar-refractivity contribution in [2.75, 3.05) is 30.9 Å². The van der Waals surface area contributed by atoms with Crippen LogP contribution in [0.5, 0.6) is 0 Å². The number of nitrogens with one attached hydrogen (secondary N) is 5. The molecule has 2 aliphatic carbocycles. The van der Waals surface area contributed by atoms with Crippen molar-refractivity contribution in [2.24, 2.45) is 0 Å². The van der Waals surface area contributed by atoms with Crippen LogP contribution in [0, 0.1) is 0 Å². The highest BCUT2D eigenvalue weighted by Gasteiger charge is 2.27. The van der Waals surface area contributed by atoms with Gasteiger partial charge in [0.2, 0.25) is 17.8 Å². The van der Waals surface area contributed by atoms with Gasteiger partial charge >= 0.3 is 41.3 Å². The summed E-state index contributed by atoms with van der Waals surface area (Å²) in [6.07, 6.45) is 14.6. The van der Waals surface area contributed by atoms with Crippen molar-refractivity contribution >= 4 is 104 Å². The van der Waals surface area contributed by atoms with Crippen LogP contribution in [0.3, 0.4) is 0 Å². The fourth-order valence-corrected chi connectivity index (χ4v) is 10.7. The van der Waals surface area contributed by atoms with E-state index >= 15 is 0 Å². The highest BCUT2D eigenvalue weighted by molar-refractivity contribution is 7.52. The first kappa shape index (κ1) is 79.0. The number of carbonyl (C=O) groups excluding carboxylic acids is 3. The summed E-state index contributed by atoms with van der Waals surface area (Å²) in [6.45, 7) is 10.9. The van der Waals surface area contributed by atoms with Crippen LogP contribution in [0.25, 0.3) is 55.7 Å². The number of para-hydroxylation sites is 4. The number of halogens is 4. The van der Waals surface area contributed by atoms with E-state index in [0.717, 1.165) is 88.5 Å². The number of alkyl halides is 1. The smallest absolute Gasteiger partial charge is 0.407 e. The SMILES string of the molecule is C.CC(C)(C)OC(=O)NCCC(=O)N[C@H]1CCC[C@@H](Nc2ncc(Cl)c(-c3cn(-c4ccccc4)c4ccccc34)n2)C1.CC(C)(C)OC(=O)NCCC(=O)O.O=S=O.O=S=O.[2H]CF.[Cl-].[NH3+][C@H]1CCC[C@@H](Nc2ncc(Cl)c(-c3cn(-c4ccccc4)c4ccccc34)n2)C1. The molecule has 2 saturated carbocycles. The Hall–Kier alpha value is -8.40. The summed E-state index contributed by atoms with van der Waals surface area (Å²) in [7, 11) is -1.00. The molecule has 4 aromatic heterocycles. The lowest BCUT2D eigenvalue weighted by Gasteiger charge is -2.30. The van der Waals surface area contributed by atoms with Crippen molar-refractivity contribution < 1.29 is 74.5 Å². The summed E-state index contributed by atoms with van der Waals surface area (Å²) in [4.78, 5) is 63.9. The number of carbonyl (C=O) groups is 4. The van der Waals surface area contributed by atoms with E-state index in [0.29, 0.717) is 39.7 Å². The van der Waals surface area contributed by atoms with Gasteiger partial charge in [-0.25, -0.2) is 29.5 Å². The van der Waals surface area contributed by atoms with Crippen LogP contribution in [0.2, 0.25) is 10.0 Å². The third kappa shape index (κ3) is 26.7. The molecule has 2 fully saturated rings. The lowest BCUT2D eigenvalue weighted by atomic mass is 9.91. The molecular weight excluding hydrogens is 1330 g/mol. The molecule has 3 amide bonds. The zero-order valence-electron chi connectivity index (χ0n) is 54.0. The predicted molar refractivity (Wildman–Crippen MR) is 366 cm³/mol. The Morgan fingerprint density at radius 2 is 1.01 bits per heavy atom. The minimum atomic E-state index is -1.00. The molecule has 2 aliphatic rings. The number of anilines is 2. The van der Waals surface area contributed by atoms with Crippen molar-refractivity contribution in [3.63, 3.8) is 0 Å². The molecule has 0 aliphatic heterocycles. The number of fused-ring (bicyclic) bond motifs is 2. The number of aliphatic carboxylic acids is 1. The van der Waals surface area contributed by atoms with E-state index in [1.165, 1.54) is 12.8 Å². The number of hydrogen-bond acceptors (Lipinski definition) is 16. The number of nitrogens with zero attached hydrogens (tertiary/aromatic N) is 6. The predicted octanol–water partition coefficient (Wildman–Crippen LogP) is 9.07. The van der Waals surface area contributed by atoms with Gasteiger partial charge in [-0.15, -0.1) is 0 Å². The van der Waals surface area contributed by atoms with E-state index in [4.69, 9.17) is 66.0 Å². The van der Waals surface area contributed by atoms with Gasteiger partial charge in [0, 0.05) is 89.7 Å². The molecule has 0 unspecified atom stereocenters. The summed E-state index contributed by atoms with van der Waals surface area (Å²) in [5.74, 6) is 0.0853. The Kier molecular flexibility index (Phi) is 33.9. The summed E-state index contributed by atoms with van der Waals surface area (Å²) in [5, 5.41) is 26.5. The van der Waals surface area contributed by atoms with E-state index in [1.807, 2.05) is 54.6 Å². The topological polar surface area (TPSA) is 324 Å². The van der Waals surface area contributed by atoms with Crippen LogP contribution in [0.1, 0.15) is 115 Å². The monoisotopic (exact) mass is 1410 g/mol. The Balaban J connectivity index is 0.000000386. The molecule has 0 radical (unpaired) electrons. The molecule has 0 spiro atoms. The van der Waals surface area contributed by atoms with Gasteiger partial charge in [-0.05, 0) is 123 Å². The maximum atomic E-state index is 12.5. The normalized spacial score (nSPS) is 15.5. The van der Waals surface area contributed by atoms with Gasteiger partial charge in [-0.1, -0.05) is 103 Å². The van der Waals surface area contributed by atoms with E-state index in [2.05, 4.69) is 118 Å². The number of hydrogen-bond donors (Lipinski definition) is 7. The molecule has 8 aromatic rings. The molecule has 4 atom stereocenters. The molecule has 29 heteroatoms. The Labute approximate surface area is 577 Å². The fourth-order valence-electron chi connectivity index (χ4n) is 10.3. The van der Waals surface area contributed by atoms with Crippen molar-refractivity contribution in [1.82, 2.24) is 45.0 Å². The summed E-state index contributed by atoms with van der Waals surface area (Å²) in [5.41, 5.74) is 10.8. The summed E-state index contributed by atoms with van der Waals surface area (Å²) < 4.78 is 63.1. The van der Waals surface area contributed by atoms with Gasteiger partial charge < -0.3 is 68.4 Å². The molecule has 9 N–H and O–H groups in total. The molecular formula is C66H84Cl3FN12O11S2. The quantitative estimate of drug-likeness (QED) is 0.0503. The molecule has 23 nitrogen and oxygen atoms in total. The molecule has 95 heavy (non-hydrogen) atoms. The highest BCUT2D eigenvalue weighted by Crippen LogP contribution is 2.38. The number of amides is 3. The highest BCUT2D eigenvalue weighted by atomic mass is 35.5. The molecule has 0 saturated heterocycles. The molecule has 514 valence electrons. The first-order valence-electron chi connectivity index (χ1n) is 30.5. The average Bonchev–Trinajstić information content (AvgIpc) is 1.62. The third-order valence-corrected chi connectivity index (χ3v) is 14.6. The lowest BCUT2D eigenvalue weighted by Crippen LogP contribution is -3.00.